The Bertz CT molecular complexity index is 881. The van der Waals surface area contributed by atoms with Crippen molar-refractivity contribution in [2.24, 2.45) is 0 Å². The van der Waals surface area contributed by atoms with Crippen molar-refractivity contribution in [3.8, 4) is 0 Å². The smallest absolute Gasteiger partial charge is 0.269 e. The molecule has 2 aromatic rings. The van der Waals surface area contributed by atoms with Crippen LogP contribution in [0.4, 0.5) is 5.69 Å². The predicted octanol–water partition coefficient (Wildman–Crippen LogP) is 2.68. The minimum atomic E-state index is -0.427. The lowest BCUT2D eigenvalue weighted by Crippen LogP contribution is -2.48. The molecule has 8 heteroatoms. The lowest BCUT2D eigenvalue weighted by atomic mass is 10.1. The Morgan fingerprint density at radius 2 is 1.61 bits per heavy atom. The van der Waals surface area contributed by atoms with Gasteiger partial charge in [0.25, 0.3) is 11.8 Å². The van der Waals surface area contributed by atoms with E-state index in [2.05, 4.69) is 21.5 Å². The van der Waals surface area contributed by atoms with Crippen molar-refractivity contribution in [3.05, 3.63) is 65.2 Å². The van der Waals surface area contributed by atoms with Gasteiger partial charge >= 0.3 is 0 Å². The van der Waals surface area contributed by atoms with Crippen LogP contribution in [0, 0.1) is 6.92 Å². The third kappa shape index (κ3) is 6.17. The molecule has 4 N–H and O–H groups in total. The van der Waals surface area contributed by atoms with Crippen LogP contribution in [0.2, 0.25) is 0 Å². The monoisotopic (exact) mass is 398 g/mol. The third-order valence-electron chi connectivity index (χ3n) is 3.81. The Labute approximate surface area is 168 Å². The number of carbonyl (C=O) groups excluding carboxylic acids is 3. The lowest BCUT2D eigenvalue weighted by molar-refractivity contribution is -0.119. The highest BCUT2D eigenvalue weighted by atomic mass is 32.1. The molecule has 0 aliphatic heterocycles. The maximum Gasteiger partial charge on any atom is 0.269 e. The summed E-state index contributed by atoms with van der Waals surface area (Å²) in [6, 6.07) is 13.7. The number of rotatable bonds is 5. The van der Waals surface area contributed by atoms with Crippen LogP contribution in [0.3, 0.4) is 0 Å². The molecule has 0 spiro atoms. The molecule has 0 radical (unpaired) electrons. The van der Waals surface area contributed by atoms with Gasteiger partial charge in [0.2, 0.25) is 5.91 Å². The van der Waals surface area contributed by atoms with Gasteiger partial charge in [0, 0.05) is 23.2 Å². The Hall–Kier alpha value is -3.26. The fourth-order valence-electron chi connectivity index (χ4n) is 2.36. The summed E-state index contributed by atoms with van der Waals surface area (Å²) in [6.45, 7) is 3.75. The number of benzene rings is 2. The summed E-state index contributed by atoms with van der Waals surface area (Å²) in [7, 11) is 0. The van der Waals surface area contributed by atoms with E-state index >= 15 is 0 Å². The summed E-state index contributed by atoms with van der Waals surface area (Å²) >= 11 is 4.93. The minimum absolute atomic E-state index is 0.0221. The molecule has 7 nitrogen and oxygen atoms in total. The number of anilines is 1. The SMILES string of the molecule is CCCC(=O)NC(=S)NNC(=O)c1ccc(NC(=O)c2ccccc2C)cc1. The molecule has 0 heterocycles. The van der Waals surface area contributed by atoms with E-state index in [1.54, 1.807) is 36.4 Å². The Morgan fingerprint density at radius 3 is 2.25 bits per heavy atom. The summed E-state index contributed by atoms with van der Waals surface area (Å²) in [6.07, 6.45) is 1.05. The number of hydrogen-bond donors (Lipinski definition) is 4. The van der Waals surface area contributed by atoms with Gasteiger partial charge in [-0.25, -0.2) is 0 Å². The summed E-state index contributed by atoms with van der Waals surface area (Å²) < 4.78 is 0. The van der Waals surface area contributed by atoms with Crippen molar-refractivity contribution >= 4 is 40.7 Å². The van der Waals surface area contributed by atoms with E-state index < -0.39 is 5.91 Å². The van der Waals surface area contributed by atoms with Gasteiger partial charge in [-0.3, -0.25) is 25.2 Å². The number of aryl methyl sites for hydroxylation is 1. The zero-order valence-corrected chi connectivity index (χ0v) is 16.5. The topological polar surface area (TPSA) is 99.3 Å². The summed E-state index contributed by atoms with van der Waals surface area (Å²) in [5.41, 5.74) is 7.29. The number of hydrazine groups is 1. The summed E-state index contributed by atoms with van der Waals surface area (Å²) in [5, 5.41) is 5.27. The summed E-state index contributed by atoms with van der Waals surface area (Å²) in [4.78, 5) is 35.9. The van der Waals surface area contributed by atoms with Crippen molar-refractivity contribution in [2.75, 3.05) is 5.32 Å². The Balaban J connectivity index is 1.88. The lowest BCUT2D eigenvalue weighted by Gasteiger charge is -2.11. The molecule has 0 atom stereocenters. The molecule has 3 amide bonds. The molecule has 2 rings (SSSR count). The predicted molar refractivity (Wildman–Crippen MR) is 112 cm³/mol. The average Bonchev–Trinajstić information content (AvgIpc) is 2.67. The number of carbonyl (C=O) groups is 3. The second-order valence-corrected chi connectivity index (χ2v) is 6.46. The van der Waals surface area contributed by atoms with E-state index in [-0.39, 0.29) is 16.9 Å². The van der Waals surface area contributed by atoms with Gasteiger partial charge in [0.05, 0.1) is 0 Å². The molecule has 0 aromatic heterocycles. The molecule has 146 valence electrons. The van der Waals surface area contributed by atoms with Crippen LogP contribution in [0.5, 0.6) is 0 Å². The van der Waals surface area contributed by atoms with Gasteiger partial charge in [-0.15, -0.1) is 0 Å². The molecular formula is C20H22N4O3S. The highest BCUT2D eigenvalue weighted by Crippen LogP contribution is 2.13. The fraction of sp³-hybridized carbons (Fsp3) is 0.200. The molecule has 2 aromatic carbocycles. The maximum absolute atomic E-state index is 12.3. The zero-order valence-electron chi connectivity index (χ0n) is 15.7. The molecule has 0 aliphatic rings. The molecule has 0 aliphatic carbocycles. The van der Waals surface area contributed by atoms with E-state index in [1.165, 1.54) is 0 Å². The first-order valence-electron chi connectivity index (χ1n) is 8.78. The molecule has 0 fully saturated rings. The van der Waals surface area contributed by atoms with Crippen LogP contribution < -0.4 is 21.5 Å². The highest BCUT2D eigenvalue weighted by Gasteiger charge is 2.10. The van der Waals surface area contributed by atoms with Crippen LogP contribution in [0.25, 0.3) is 0 Å². The normalized spacial score (nSPS) is 9.93. The van der Waals surface area contributed by atoms with Crippen molar-refractivity contribution in [1.29, 1.82) is 0 Å². The quantitative estimate of drug-likeness (QED) is 0.458. The third-order valence-corrected chi connectivity index (χ3v) is 4.02. The number of amides is 3. The molecule has 28 heavy (non-hydrogen) atoms. The fourth-order valence-corrected chi connectivity index (χ4v) is 2.53. The van der Waals surface area contributed by atoms with E-state index in [0.29, 0.717) is 29.7 Å². The molecule has 0 bridgehead atoms. The van der Waals surface area contributed by atoms with E-state index in [4.69, 9.17) is 12.2 Å². The van der Waals surface area contributed by atoms with Crippen LogP contribution >= 0.6 is 12.2 Å². The van der Waals surface area contributed by atoms with Gasteiger partial charge in [-0.2, -0.15) is 0 Å². The molecule has 0 saturated carbocycles. The van der Waals surface area contributed by atoms with Crippen molar-refractivity contribution < 1.29 is 14.4 Å². The first kappa shape index (κ1) is 21.0. The second kappa shape index (κ2) is 10.2. The Morgan fingerprint density at radius 1 is 0.929 bits per heavy atom. The van der Waals surface area contributed by atoms with E-state index in [9.17, 15) is 14.4 Å². The van der Waals surface area contributed by atoms with Gasteiger partial charge < -0.3 is 10.6 Å². The molecule has 0 saturated heterocycles. The molecular weight excluding hydrogens is 376 g/mol. The van der Waals surface area contributed by atoms with Gasteiger partial charge in [-0.1, -0.05) is 25.1 Å². The average molecular weight is 398 g/mol. The zero-order chi connectivity index (χ0) is 20.5. The summed E-state index contributed by atoms with van der Waals surface area (Å²) in [5.74, 6) is -0.864. The van der Waals surface area contributed by atoms with Gasteiger partial charge in [0.15, 0.2) is 5.11 Å². The maximum atomic E-state index is 12.3. The van der Waals surface area contributed by atoms with Crippen LogP contribution in [-0.4, -0.2) is 22.8 Å². The van der Waals surface area contributed by atoms with Gasteiger partial charge in [0.1, 0.15) is 0 Å². The first-order chi connectivity index (χ1) is 13.4. The largest absolute Gasteiger partial charge is 0.322 e. The van der Waals surface area contributed by atoms with Gasteiger partial charge in [-0.05, 0) is 61.5 Å². The van der Waals surface area contributed by atoms with Crippen LogP contribution in [-0.2, 0) is 4.79 Å². The number of nitrogens with one attached hydrogen (secondary N) is 4. The van der Waals surface area contributed by atoms with E-state index in [1.807, 2.05) is 26.0 Å². The van der Waals surface area contributed by atoms with Crippen LogP contribution in [0.1, 0.15) is 46.0 Å². The minimum Gasteiger partial charge on any atom is -0.322 e. The number of hydrogen-bond acceptors (Lipinski definition) is 4. The van der Waals surface area contributed by atoms with Crippen LogP contribution in [0.15, 0.2) is 48.5 Å². The van der Waals surface area contributed by atoms with Crippen molar-refractivity contribution in [3.63, 3.8) is 0 Å². The van der Waals surface area contributed by atoms with Crippen molar-refractivity contribution in [2.45, 2.75) is 26.7 Å². The van der Waals surface area contributed by atoms with E-state index in [0.717, 1.165) is 5.56 Å². The van der Waals surface area contributed by atoms with Crippen molar-refractivity contribution in [1.82, 2.24) is 16.2 Å². The highest BCUT2D eigenvalue weighted by molar-refractivity contribution is 7.80. The first-order valence-corrected chi connectivity index (χ1v) is 9.18. The standard InChI is InChI=1S/C20H22N4O3S/c1-3-6-17(25)22-20(28)24-23-18(26)14-9-11-15(12-10-14)21-19(27)16-8-5-4-7-13(16)2/h4-5,7-12H,3,6H2,1-2H3,(H,21,27)(H,23,26)(H2,22,24,25,28). The second-order valence-electron chi connectivity index (χ2n) is 6.05. The Kier molecular flexibility index (Phi) is 7.65. The number of thiocarbonyl (C=S) groups is 1. The molecule has 0 unspecified atom stereocenters.